The normalized spacial score (nSPS) is 24.3. The summed E-state index contributed by atoms with van der Waals surface area (Å²) in [5.74, 6) is 1.38. The van der Waals surface area contributed by atoms with Gasteiger partial charge in [0.05, 0.1) is 0 Å². The van der Waals surface area contributed by atoms with Crippen molar-refractivity contribution in [2.75, 3.05) is 0 Å². The Labute approximate surface area is 152 Å². The maximum absolute atomic E-state index is 2.48. The number of hydrogen-bond donors (Lipinski definition) is 0. The molecule has 21 heavy (non-hydrogen) atoms. The summed E-state index contributed by atoms with van der Waals surface area (Å²) in [4.78, 5) is 0. The standard InChI is InChI=1S/2C9H13.2ClH.Ti/c2*1-4-9-6-7(2)5-8(9)3;;;/h2*5,7H,4H2,1-3H3;2*1H;/q;;;;+2/p-2. The average Bonchev–Trinajstić information content (AvgIpc) is 2.77. The molecule has 0 aliphatic heterocycles. The Bertz CT molecular complexity index is 463. The molecule has 0 aromatic heterocycles. The molecule has 0 aromatic rings. The third-order valence-corrected chi connectivity index (χ3v) is 7.70. The molecule has 0 saturated heterocycles. The quantitative estimate of drug-likeness (QED) is 0.598. The summed E-state index contributed by atoms with van der Waals surface area (Å²) in [7, 11) is 0. The largest absolute Gasteiger partial charge is 1.00 e. The van der Waals surface area contributed by atoms with Crippen LogP contribution < -0.4 is 24.8 Å². The molecule has 2 aliphatic carbocycles. The number of allylic oxidation sites excluding steroid dienone is 8. The fraction of sp³-hybridized carbons (Fsp3) is 0.556. The van der Waals surface area contributed by atoms with E-state index in [1.807, 2.05) is 0 Å². The van der Waals surface area contributed by atoms with Gasteiger partial charge in [-0.15, -0.1) is 0 Å². The third kappa shape index (κ3) is 4.17. The van der Waals surface area contributed by atoms with Gasteiger partial charge in [-0.1, -0.05) is 0 Å². The number of halogens is 2. The van der Waals surface area contributed by atoms with Crippen molar-refractivity contribution in [2.24, 2.45) is 11.8 Å². The van der Waals surface area contributed by atoms with Gasteiger partial charge in [-0.3, -0.25) is 0 Å². The first kappa shape index (κ1) is 21.3. The van der Waals surface area contributed by atoms with Gasteiger partial charge in [0.2, 0.25) is 0 Å². The Balaban J connectivity index is 0.00000200. The van der Waals surface area contributed by atoms with E-state index in [0.717, 1.165) is 0 Å². The van der Waals surface area contributed by atoms with Crippen molar-refractivity contribution in [2.45, 2.75) is 54.4 Å². The Morgan fingerprint density at radius 2 is 1.14 bits per heavy atom. The van der Waals surface area contributed by atoms with Gasteiger partial charge in [-0.2, -0.15) is 0 Å². The van der Waals surface area contributed by atoms with Crippen molar-refractivity contribution in [3.63, 3.8) is 0 Å². The van der Waals surface area contributed by atoms with Crippen LogP contribution >= 0.6 is 0 Å². The van der Waals surface area contributed by atoms with Gasteiger partial charge in [-0.25, -0.2) is 0 Å². The summed E-state index contributed by atoms with van der Waals surface area (Å²) in [6, 6.07) is 0. The van der Waals surface area contributed by atoms with Gasteiger partial charge in [0.25, 0.3) is 0 Å². The minimum Gasteiger partial charge on any atom is -1.00 e. The molecule has 0 fully saturated rings. The first-order valence-electron chi connectivity index (χ1n) is 7.60. The second kappa shape index (κ2) is 8.77. The Morgan fingerprint density at radius 1 is 0.810 bits per heavy atom. The van der Waals surface area contributed by atoms with E-state index in [-0.39, 0.29) is 44.0 Å². The van der Waals surface area contributed by atoms with E-state index in [9.17, 15) is 0 Å². The molecular weight excluding hydrogens is 335 g/mol. The summed E-state index contributed by atoms with van der Waals surface area (Å²) in [6.07, 6.45) is 7.37. The zero-order valence-corrected chi connectivity index (χ0v) is 17.1. The van der Waals surface area contributed by atoms with E-state index >= 15 is 0 Å². The molecule has 3 heteroatoms. The first-order valence-corrected chi connectivity index (χ1v) is 9.16. The maximum Gasteiger partial charge on any atom is -1.00 e. The van der Waals surface area contributed by atoms with E-state index in [1.165, 1.54) is 12.8 Å². The maximum atomic E-state index is 2.48. The minimum absolute atomic E-state index is 0. The van der Waals surface area contributed by atoms with Gasteiger partial charge in [0.1, 0.15) is 0 Å². The molecule has 0 amide bonds. The van der Waals surface area contributed by atoms with Crippen molar-refractivity contribution >= 4 is 0 Å². The first-order chi connectivity index (χ1) is 8.99. The molecule has 0 nitrogen and oxygen atoms in total. The molecule has 0 radical (unpaired) electrons. The van der Waals surface area contributed by atoms with Crippen molar-refractivity contribution in [3.05, 3.63) is 42.2 Å². The fourth-order valence-electron chi connectivity index (χ4n) is 3.55. The average molecular weight is 361 g/mol. The Kier molecular flexibility index (Phi) is 8.88. The predicted molar refractivity (Wildman–Crippen MR) is 80.5 cm³/mol. The topological polar surface area (TPSA) is 0 Å². The zero-order valence-electron chi connectivity index (χ0n) is 14.0. The van der Waals surface area contributed by atoms with Gasteiger partial charge >= 0.3 is 128 Å². The predicted octanol–water partition coefficient (Wildman–Crippen LogP) is -0.403. The molecule has 2 atom stereocenters. The van der Waals surface area contributed by atoms with Crippen LogP contribution in [0.2, 0.25) is 0 Å². The second-order valence-corrected chi connectivity index (χ2v) is 7.97. The molecular formula is C18H26Cl2Ti. The van der Waals surface area contributed by atoms with Gasteiger partial charge in [0, 0.05) is 0 Å². The Morgan fingerprint density at radius 3 is 1.43 bits per heavy atom. The molecule has 0 spiro atoms. The molecule has 0 saturated carbocycles. The molecule has 2 unspecified atom stereocenters. The number of rotatable bonds is 4. The van der Waals surface area contributed by atoms with Crippen molar-refractivity contribution in [1.82, 2.24) is 0 Å². The van der Waals surface area contributed by atoms with Crippen LogP contribution in [0.5, 0.6) is 0 Å². The van der Waals surface area contributed by atoms with Gasteiger partial charge < -0.3 is 24.8 Å². The Hall–Kier alpha value is 0.254. The molecule has 2 rings (SSSR count). The summed E-state index contributed by atoms with van der Waals surface area (Å²) in [5.41, 5.74) is 6.44. The van der Waals surface area contributed by atoms with Crippen LogP contribution in [0.3, 0.4) is 0 Å². The van der Waals surface area contributed by atoms with E-state index in [4.69, 9.17) is 0 Å². The van der Waals surface area contributed by atoms with Crippen LogP contribution in [-0.2, 0) is 19.2 Å². The molecule has 0 aromatic carbocycles. The minimum atomic E-state index is -0.111. The van der Waals surface area contributed by atoms with Crippen LogP contribution in [0.25, 0.3) is 0 Å². The second-order valence-electron chi connectivity index (χ2n) is 5.89. The van der Waals surface area contributed by atoms with E-state index < -0.39 is 0 Å². The summed E-state index contributed by atoms with van der Waals surface area (Å²) >= 11 is -0.111. The summed E-state index contributed by atoms with van der Waals surface area (Å²) < 4.78 is 3.60. The molecule has 116 valence electrons. The fourth-order valence-corrected chi connectivity index (χ4v) is 6.62. The van der Waals surface area contributed by atoms with Crippen LogP contribution in [0.15, 0.2) is 42.2 Å². The number of hydrogen-bond acceptors (Lipinski definition) is 0. The van der Waals surface area contributed by atoms with Crippen molar-refractivity contribution in [1.29, 1.82) is 0 Å². The van der Waals surface area contributed by atoms with Gasteiger partial charge in [-0.05, 0) is 0 Å². The molecule has 0 N–H and O–H groups in total. The van der Waals surface area contributed by atoms with E-state index in [1.54, 1.807) is 30.0 Å². The van der Waals surface area contributed by atoms with Gasteiger partial charge in [0.15, 0.2) is 0 Å². The monoisotopic (exact) mass is 360 g/mol. The van der Waals surface area contributed by atoms with Crippen molar-refractivity contribution < 1.29 is 44.0 Å². The van der Waals surface area contributed by atoms with Crippen LogP contribution in [0.4, 0.5) is 0 Å². The smallest absolute Gasteiger partial charge is 1.00 e. The van der Waals surface area contributed by atoms with E-state index in [0.29, 0.717) is 11.8 Å². The molecule has 0 bridgehead atoms. The van der Waals surface area contributed by atoms with E-state index in [2.05, 4.69) is 53.7 Å². The SMILES string of the molecule is CCC1=[C]([Ti+2][C]2=C(CC)C(C)=CC2C)C(C)C=C1C.[Cl-].[Cl-]. The van der Waals surface area contributed by atoms with Crippen LogP contribution in [0.1, 0.15) is 54.4 Å². The van der Waals surface area contributed by atoms with Crippen molar-refractivity contribution in [3.8, 4) is 0 Å². The summed E-state index contributed by atoms with van der Waals surface area (Å²) in [6.45, 7) is 14.0. The molecule has 2 aliphatic rings. The van der Waals surface area contributed by atoms with Crippen LogP contribution in [-0.4, -0.2) is 0 Å². The van der Waals surface area contributed by atoms with Crippen LogP contribution in [0, 0.1) is 11.8 Å². The molecule has 0 heterocycles. The summed E-state index contributed by atoms with van der Waals surface area (Å²) in [5, 5.41) is 0. The zero-order chi connectivity index (χ0) is 14.2. The third-order valence-electron chi connectivity index (χ3n) is 4.49.